The molecule has 0 amide bonds. The second-order valence-electron chi connectivity index (χ2n) is 4.13. The standard InChI is InChI=1S/C12H14BFN2O/c1-3-7(4-2)16-9-6-5-8(13)10(14)11(9)15-12(16)17/h5-7H,3-4H2,1-2H3,(H,15,17). The van der Waals surface area contributed by atoms with Gasteiger partial charge >= 0.3 is 5.69 Å². The van der Waals surface area contributed by atoms with E-state index in [1.807, 2.05) is 13.8 Å². The van der Waals surface area contributed by atoms with Crippen LogP contribution in [0.3, 0.4) is 0 Å². The van der Waals surface area contributed by atoms with Gasteiger partial charge < -0.3 is 4.98 Å². The van der Waals surface area contributed by atoms with Gasteiger partial charge in [0.25, 0.3) is 0 Å². The number of aromatic nitrogens is 2. The zero-order valence-corrected chi connectivity index (χ0v) is 9.96. The number of benzene rings is 1. The lowest BCUT2D eigenvalue weighted by atomic mass is 9.95. The van der Waals surface area contributed by atoms with Gasteiger partial charge in [-0.15, -0.1) is 0 Å². The number of nitrogens with zero attached hydrogens (tertiary/aromatic N) is 1. The molecule has 0 spiro atoms. The summed E-state index contributed by atoms with van der Waals surface area (Å²) < 4.78 is 15.4. The van der Waals surface area contributed by atoms with Crippen LogP contribution in [0.5, 0.6) is 0 Å². The van der Waals surface area contributed by atoms with Gasteiger partial charge in [-0.05, 0) is 18.9 Å². The molecule has 1 heterocycles. The van der Waals surface area contributed by atoms with Crippen molar-refractivity contribution >= 4 is 24.3 Å². The molecule has 88 valence electrons. The zero-order chi connectivity index (χ0) is 12.6. The molecule has 17 heavy (non-hydrogen) atoms. The summed E-state index contributed by atoms with van der Waals surface area (Å²) in [6.07, 6.45) is 1.66. The molecular formula is C12H14BFN2O. The molecular weight excluding hydrogens is 218 g/mol. The second-order valence-corrected chi connectivity index (χ2v) is 4.13. The maximum atomic E-state index is 13.8. The summed E-state index contributed by atoms with van der Waals surface area (Å²) in [5.74, 6) is -0.552. The van der Waals surface area contributed by atoms with Gasteiger partial charge in [0.15, 0.2) is 0 Å². The lowest BCUT2D eigenvalue weighted by Crippen LogP contribution is -2.21. The number of rotatable bonds is 3. The van der Waals surface area contributed by atoms with E-state index >= 15 is 0 Å². The molecule has 0 bridgehead atoms. The lowest BCUT2D eigenvalue weighted by molar-refractivity contribution is 0.471. The fourth-order valence-electron chi connectivity index (χ4n) is 2.19. The van der Waals surface area contributed by atoms with Crippen molar-refractivity contribution in [3.8, 4) is 0 Å². The predicted octanol–water partition coefficient (Wildman–Crippen LogP) is 1.62. The first-order valence-electron chi connectivity index (χ1n) is 5.78. The molecule has 2 aromatic rings. The molecule has 3 nitrogen and oxygen atoms in total. The molecule has 0 saturated heterocycles. The Hall–Kier alpha value is -1.52. The van der Waals surface area contributed by atoms with Gasteiger partial charge in [0.05, 0.1) is 5.52 Å². The Morgan fingerprint density at radius 1 is 1.41 bits per heavy atom. The maximum Gasteiger partial charge on any atom is 0.326 e. The van der Waals surface area contributed by atoms with E-state index in [4.69, 9.17) is 7.85 Å². The average Bonchev–Trinajstić information content (AvgIpc) is 2.64. The van der Waals surface area contributed by atoms with Crippen molar-refractivity contribution in [1.29, 1.82) is 0 Å². The Labute approximate surface area is 100 Å². The molecule has 0 aliphatic rings. The molecule has 0 aliphatic carbocycles. The monoisotopic (exact) mass is 232 g/mol. The summed E-state index contributed by atoms with van der Waals surface area (Å²) >= 11 is 0. The van der Waals surface area contributed by atoms with Gasteiger partial charge in [-0.1, -0.05) is 25.4 Å². The number of hydrogen-bond donors (Lipinski definition) is 1. The molecule has 0 fully saturated rings. The Balaban J connectivity index is 2.77. The van der Waals surface area contributed by atoms with Crippen LogP contribution < -0.4 is 11.2 Å². The largest absolute Gasteiger partial charge is 0.326 e. The van der Waals surface area contributed by atoms with Gasteiger partial charge in [0, 0.05) is 6.04 Å². The molecule has 1 aromatic carbocycles. The van der Waals surface area contributed by atoms with Gasteiger partial charge in [0.1, 0.15) is 19.2 Å². The summed E-state index contributed by atoms with van der Waals surface area (Å²) in [6.45, 7) is 4.01. The number of aromatic amines is 1. The van der Waals surface area contributed by atoms with Crippen LogP contribution in [0.2, 0.25) is 0 Å². The molecule has 5 heteroatoms. The van der Waals surface area contributed by atoms with Crippen molar-refractivity contribution in [2.45, 2.75) is 32.7 Å². The quantitative estimate of drug-likeness (QED) is 0.802. The van der Waals surface area contributed by atoms with E-state index in [1.54, 1.807) is 10.6 Å². The number of H-pyrrole nitrogens is 1. The van der Waals surface area contributed by atoms with Crippen molar-refractivity contribution in [3.63, 3.8) is 0 Å². The van der Waals surface area contributed by atoms with Crippen LogP contribution in [-0.4, -0.2) is 17.4 Å². The van der Waals surface area contributed by atoms with Gasteiger partial charge in [-0.25, -0.2) is 9.18 Å². The van der Waals surface area contributed by atoms with Gasteiger partial charge in [-0.2, -0.15) is 0 Å². The summed E-state index contributed by atoms with van der Waals surface area (Å²) in [6, 6.07) is 3.26. The lowest BCUT2D eigenvalue weighted by Gasteiger charge is -2.14. The van der Waals surface area contributed by atoms with Crippen molar-refractivity contribution in [2.24, 2.45) is 0 Å². The number of imidazole rings is 1. The topological polar surface area (TPSA) is 37.8 Å². The second kappa shape index (κ2) is 4.39. The van der Waals surface area contributed by atoms with Gasteiger partial charge in [0.2, 0.25) is 0 Å². The minimum atomic E-state index is -0.552. The van der Waals surface area contributed by atoms with Crippen LogP contribution >= 0.6 is 0 Å². The van der Waals surface area contributed by atoms with Crippen LogP contribution in [0.15, 0.2) is 16.9 Å². The molecule has 0 unspecified atom stereocenters. The smallest absolute Gasteiger partial charge is 0.303 e. The average molecular weight is 232 g/mol. The maximum absolute atomic E-state index is 13.8. The third-order valence-corrected chi connectivity index (χ3v) is 3.17. The minimum Gasteiger partial charge on any atom is -0.303 e. The van der Waals surface area contributed by atoms with E-state index in [2.05, 4.69) is 4.98 Å². The number of hydrogen-bond acceptors (Lipinski definition) is 1. The van der Waals surface area contributed by atoms with E-state index < -0.39 is 5.82 Å². The van der Waals surface area contributed by atoms with Crippen LogP contribution in [0, 0.1) is 5.82 Å². The van der Waals surface area contributed by atoms with Crippen LogP contribution in [0.4, 0.5) is 4.39 Å². The molecule has 0 saturated carbocycles. The Morgan fingerprint density at radius 2 is 2.06 bits per heavy atom. The van der Waals surface area contributed by atoms with Crippen LogP contribution in [0.1, 0.15) is 32.7 Å². The van der Waals surface area contributed by atoms with Gasteiger partial charge in [-0.3, -0.25) is 4.57 Å². The first-order chi connectivity index (χ1) is 8.10. The molecule has 1 N–H and O–H groups in total. The van der Waals surface area contributed by atoms with Crippen molar-refractivity contribution in [2.75, 3.05) is 0 Å². The number of nitrogens with one attached hydrogen (secondary N) is 1. The molecule has 2 radical (unpaired) electrons. The summed E-state index contributed by atoms with van der Waals surface area (Å²) in [7, 11) is 5.48. The van der Waals surface area contributed by atoms with Crippen LogP contribution in [-0.2, 0) is 0 Å². The first-order valence-corrected chi connectivity index (χ1v) is 5.78. The van der Waals surface area contributed by atoms with E-state index in [9.17, 15) is 9.18 Å². The van der Waals surface area contributed by atoms with Crippen LogP contribution in [0.25, 0.3) is 11.0 Å². The van der Waals surface area contributed by atoms with E-state index in [0.717, 1.165) is 12.8 Å². The highest BCUT2D eigenvalue weighted by Crippen LogP contribution is 2.20. The molecule has 0 atom stereocenters. The van der Waals surface area contributed by atoms with E-state index in [-0.39, 0.29) is 22.7 Å². The molecule has 0 aliphatic heterocycles. The van der Waals surface area contributed by atoms with Crippen molar-refractivity contribution in [1.82, 2.24) is 9.55 Å². The third kappa shape index (κ3) is 1.79. The van der Waals surface area contributed by atoms with Crippen molar-refractivity contribution in [3.05, 3.63) is 28.4 Å². The minimum absolute atomic E-state index is 0.0513. The van der Waals surface area contributed by atoms with E-state index in [1.165, 1.54) is 6.07 Å². The highest BCUT2D eigenvalue weighted by atomic mass is 19.1. The normalized spacial score (nSPS) is 11.5. The fraction of sp³-hybridized carbons (Fsp3) is 0.417. The highest BCUT2D eigenvalue weighted by molar-refractivity contribution is 6.33. The Kier molecular flexibility index (Phi) is 3.09. The molecule has 2 rings (SSSR count). The SMILES string of the molecule is [B]c1ccc2c([nH]c(=O)n2C(CC)CC)c1F. The number of halogens is 1. The zero-order valence-electron chi connectivity index (χ0n) is 9.96. The molecule has 1 aromatic heterocycles. The van der Waals surface area contributed by atoms with Crippen molar-refractivity contribution < 1.29 is 4.39 Å². The van der Waals surface area contributed by atoms with E-state index in [0.29, 0.717) is 5.52 Å². The first kappa shape index (κ1) is 12.0. The summed E-state index contributed by atoms with van der Waals surface area (Å²) in [5, 5.41) is 0. The number of fused-ring (bicyclic) bond motifs is 1. The third-order valence-electron chi connectivity index (χ3n) is 3.17. The fourth-order valence-corrected chi connectivity index (χ4v) is 2.19. The summed E-state index contributed by atoms with van der Waals surface area (Å²) in [4.78, 5) is 14.4. The Morgan fingerprint density at radius 3 is 2.65 bits per heavy atom. The summed E-state index contributed by atoms with van der Waals surface area (Å²) in [5.41, 5.74) is 0.547. The predicted molar refractivity (Wildman–Crippen MR) is 67.5 cm³/mol. The highest BCUT2D eigenvalue weighted by Gasteiger charge is 2.16. The Bertz CT molecular complexity index is 598.